The van der Waals surface area contributed by atoms with E-state index in [1.54, 1.807) is 12.1 Å². The Hall–Kier alpha value is -2.11. The molecule has 0 aliphatic rings. The Bertz CT molecular complexity index is 733. The molecule has 0 saturated carbocycles. The Labute approximate surface area is 143 Å². The van der Waals surface area contributed by atoms with Crippen molar-refractivity contribution in [1.82, 2.24) is 5.32 Å². The van der Waals surface area contributed by atoms with Crippen molar-refractivity contribution in [2.24, 2.45) is 0 Å². The third kappa shape index (κ3) is 4.21. The van der Waals surface area contributed by atoms with E-state index in [0.29, 0.717) is 11.4 Å². The van der Waals surface area contributed by atoms with E-state index in [9.17, 15) is 14.9 Å². The fourth-order valence-electron chi connectivity index (χ4n) is 2.15. The highest BCUT2D eigenvalue weighted by Gasteiger charge is 2.18. The Morgan fingerprint density at radius 3 is 2.39 bits per heavy atom. The van der Waals surface area contributed by atoms with E-state index in [2.05, 4.69) is 5.32 Å². The summed E-state index contributed by atoms with van der Waals surface area (Å²) in [6.07, 6.45) is 0.679. The minimum absolute atomic E-state index is 0.0441. The van der Waals surface area contributed by atoms with Crippen molar-refractivity contribution >= 4 is 34.8 Å². The van der Waals surface area contributed by atoms with Crippen molar-refractivity contribution in [1.29, 1.82) is 0 Å². The van der Waals surface area contributed by atoms with Gasteiger partial charge < -0.3 is 5.32 Å². The first kappa shape index (κ1) is 17.2. The number of nitro benzene ring substituents is 1. The van der Waals surface area contributed by atoms with Gasteiger partial charge in [-0.25, -0.2) is 0 Å². The number of nitrogens with zero attached hydrogens (tertiary/aromatic N) is 1. The van der Waals surface area contributed by atoms with Crippen molar-refractivity contribution < 1.29 is 9.72 Å². The summed E-state index contributed by atoms with van der Waals surface area (Å²) in [5.74, 6) is -0.383. The standard InChI is InChI=1S/C16H14Cl2N2O3/c1-2-15(10-3-5-11(17)6-4-10)19-16(21)13-8-7-12(20(22)23)9-14(13)18/h3-9,15H,2H2,1H3,(H,19,21). The van der Waals surface area contributed by atoms with Crippen LogP contribution in [0.5, 0.6) is 0 Å². The minimum Gasteiger partial charge on any atom is -0.345 e. The summed E-state index contributed by atoms with van der Waals surface area (Å²) in [5.41, 5.74) is 0.962. The maximum atomic E-state index is 12.4. The Kier molecular flexibility index (Phi) is 5.58. The first-order valence-corrected chi connectivity index (χ1v) is 7.68. The van der Waals surface area contributed by atoms with Gasteiger partial charge in [-0.15, -0.1) is 0 Å². The monoisotopic (exact) mass is 352 g/mol. The van der Waals surface area contributed by atoms with Crippen LogP contribution in [0.3, 0.4) is 0 Å². The van der Waals surface area contributed by atoms with E-state index in [-0.39, 0.29) is 28.2 Å². The molecule has 1 atom stereocenters. The average Bonchev–Trinajstić information content (AvgIpc) is 2.53. The van der Waals surface area contributed by atoms with Gasteiger partial charge in [0.15, 0.2) is 0 Å². The fraction of sp³-hybridized carbons (Fsp3) is 0.188. The van der Waals surface area contributed by atoms with Gasteiger partial charge in [0.1, 0.15) is 0 Å². The van der Waals surface area contributed by atoms with Gasteiger partial charge in [0.2, 0.25) is 0 Å². The molecular weight excluding hydrogens is 339 g/mol. The molecule has 0 aliphatic carbocycles. The molecule has 0 radical (unpaired) electrons. The SMILES string of the molecule is CCC(NC(=O)c1ccc([N+](=O)[O-])cc1Cl)c1ccc(Cl)cc1. The Balaban J connectivity index is 2.19. The molecule has 5 nitrogen and oxygen atoms in total. The highest BCUT2D eigenvalue weighted by molar-refractivity contribution is 6.34. The molecule has 2 rings (SSSR count). The summed E-state index contributed by atoms with van der Waals surface area (Å²) in [7, 11) is 0. The quantitative estimate of drug-likeness (QED) is 0.621. The lowest BCUT2D eigenvalue weighted by atomic mass is 10.0. The Morgan fingerprint density at radius 2 is 1.87 bits per heavy atom. The zero-order valence-electron chi connectivity index (χ0n) is 12.3. The van der Waals surface area contributed by atoms with Gasteiger partial charge in [-0.3, -0.25) is 14.9 Å². The number of nitrogens with one attached hydrogen (secondary N) is 1. The van der Waals surface area contributed by atoms with Gasteiger partial charge in [0.25, 0.3) is 11.6 Å². The molecule has 23 heavy (non-hydrogen) atoms. The molecule has 0 saturated heterocycles. The Morgan fingerprint density at radius 1 is 1.22 bits per heavy atom. The van der Waals surface area contributed by atoms with Crippen LogP contribution in [0, 0.1) is 10.1 Å². The van der Waals surface area contributed by atoms with Crippen LogP contribution in [-0.4, -0.2) is 10.8 Å². The molecule has 0 bridgehead atoms. The minimum atomic E-state index is -0.559. The topological polar surface area (TPSA) is 72.2 Å². The second-order valence-corrected chi connectivity index (χ2v) is 5.75. The van der Waals surface area contributed by atoms with Crippen molar-refractivity contribution in [3.63, 3.8) is 0 Å². The first-order valence-electron chi connectivity index (χ1n) is 6.92. The van der Waals surface area contributed by atoms with Crippen molar-refractivity contribution in [3.05, 3.63) is 73.8 Å². The molecule has 1 unspecified atom stereocenters. The van der Waals surface area contributed by atoms with Crippen LogP contribution >= 0.6 is 23.2 Å². The lowest BCUT2D eigenvalue weighted by Crippen LogP contribution is -2.28. The number of amides is 1. The van der Waals surface area contributed by atoms with Crippen molar-refractivity contribution in [2.45, 2.75) is 19.4 Å². The molecule has 120 valence electrons. The van der Waals surface area contributed by atoms with Crippen LogP contribution < -0.4 is 5.32 Å². The van der Waals surface area contributed by atoms with E-state index in [1.165, 1.54) is 18.2 Å². The maximum absolute atomic E-state index is 12.4. The number of carbonyl (C=O) groups excluding carboxylic acids is 1. The van der Waals surface area contributed by atoms with Gasteiger partial charge >= 0.3 is 0 Å². The zero-order valence-corrected chi connectivity index (χ0v) is 13.8. The number of non-ortho nitro benzene ring substituents is 1. The number of benzene rings is 2. The number of rotatable bonds is 5. The first-order chi connectivity index (χ1) is 10.9. The maximum Gasteiger partial charge on any atom is 0.270 e. The molecular formula is C16H14Cl2N2O3. The second-order valence-electron chi connectivity index (χ2n) is 4.91. The molecule has 0 aromatic heterocycles. The third-order valence-electron chi connectivity index (χ3n) is 3.39. The van der Waals surface area contributed by atoms with E-state index in [1.807, 2.05) is 19.1 Å². The molecule has 2 aromatic rings. The van der Waals surface area contributed by atoms with Gasteiger partial charge in [0, 0.05) is 17.2 Å². The van der Waals surface area contributed by atoms with E-state index in [4.69, 9.17) is 23.2 Å². The molecule has 0 aliphatic heterocycles. The summed E-state index contributed by atoms with van der Waals surface area (Å²) in [4.78, 5) is 22.5. The second kappa shape index (κ2) is 7.44. The van der Waals surface area contributed by atoms with Crippen molar-refractivity contribution in [3.8, 4) is 0 Å². The smallest absolute Gasteiger partial charge is 0.270 e. The number of hydrogen-bond acceptors (Lipinski definition) is 3. The molecule has 0 spiro atoms. The van der Waals surface area contributed by atoms with Gasteiger partial charge in [-0.1, -0.05) is 42.3 Å². The van der Waals surface area contributed by atoms with E-state index in [0.717, 1.165) is 5.56 Å². The summed E-state index contributed by atoms with van der Waals surface area (Å²) in [5, 5.41) is 14.2. The van der Waals surface area contributed by atoms with Gasteiger partial charge in [0.05, 0.1) is 21.6 Å². The van der Waals surface area contributed by atoms with Crippen LogP contribution in [-0.2, 0) is 0 Å². The number of carbonyl (C=O) groups is 1. The highest BCUT2D eigenvalue weighted by atomic mass is 35.5. The summed E-state index contributed by atoms with van der Waals surface area (Å²) in [6.45, 7) is 1.94. The molecule has 1 amide bonds. The summed E-state index contributed by atoms with van der Waals surface area (Å²) < 4.78 is 0. The lowest BCUT2D eigenvalue weighted by Gasteiger charge is -2.18. The molecule has 7 heteroatoms. The molecule has 0 fully saturated rings. The summed E-state index contributed by atoms with van der Waals surface area (Å²) in [6, 6.07) is 10.8. The van der Waals surface area contributed by atoms with Gasteiger partial charge in [-0.2, -0.15) is 0 Å². The van der Waals surface area contributed by atoms with Crippen LogP contribution in [0.2, 0.25) is 10.0 Å². The normalized spacial score (nSPS) is 11.8. The number of halogens is 2. The predicted molar refractivity (Wildman–Crippen MR) is 90.1 cm³/mol. The average molecular weight is 353 g/mol. The third-order valence-corrected chi connectivity index (χ3v) is 3.96. The lowest BCUT2D eigenvalue weighted by molar-refractivity contribution is -0.384. The van der Waals surface area contributed by atoms with Crippen LogP contribution in [0.15, 0.2) is 42.5 Å². The fourth-order valence-corrected chi connectivity index (χ4v) is 2.54. The number of hydrogen-bond donors (Lipinski definition) is 1. The molecule has 2 aromatic carbocycles. The summed E-state index contributed by atoms with van der Waals surface area (Å²) >= 11 is 11.8. The van der Waals surface area contributed by atoms with Crippen LogP contribution in [0.25, 0.3) is 0 Å². The molecule has 0 heterocycles. The van der Waals surface area contributed by atoms with E-state index >= 15 is 0 Å². The van der Waals surface area contributed by atoms with Gasteiger partial charge in [-0.05, 0) is 30.2 Å². The number of nitro groups is 1. The van der Waals surface area contributed by atoms with E-state index < -0.39 is 4.92 Å². The van der Waals surface area contributed by atoms with Crippen LogP contribution in [0.4, 0.5) is 5.69 Å². The molecule has 1 N–H and O–H groups in total. The highest BCUT2D eigenvalue weighted by Crippen LogP contribution is 2.24. The van der Waals surface area contributed by atoms with Crippen LogP contribution in [0.1, 0.15) is 35.3 Å². The zero-order chi connectivity index (χ0) is 17.0. The van der Waals surface area contributed by atoms with Crippen molar-refractivity contribution in [2.75, 3.05) is 0 Å². The largest absolute Gasteiger partial charge is 0.345 e. The predicted octanol–water partition coefficient (Wildman–Crippen LogP) is 4.78.